The highest BCUT2D eigenvalue weighted by molar-refractivity contribution is 8.13. The van der Waals surface area contributed by atoms with Gasteiger partial charge in [0.25, 0.3) is 15.0 Å². The van der Waals surface area contributed by atoms with Crippen LogP contribution in [-0.2, 0) is 13.8 Å². The molecule has 0 heterocycles. The number of ether oxygens (including phenoxy) is 1. The molecule has 0 unspecified atom stereocenters. The Hall–Kier alpha value is -0.530. The summed E-state index contributed by atoms with van der Waals surface area (Å²) in [4.78, 5) is 11.7. The van der Waals surface area contributed by atoms with Crippen molar-refractivity contribution in [3.63, 3.8) is 0 Å². The topological polar surface area (TPSA) is 72.5 Å². The van der Waals surface area contributed by atoms with Gasteiger partial charge in [0.15, 0.2) is 0 Å². The quantitative estimate of drug-likeness (QED) is 0.613. The van der Waals surface area contributed by atoms with E-state index in [2.05, 4.69) is 5.32 Å². The molecule has 118 valence electrons. The van der Waals surface area contributed by atoms with E-state index in [0.717, 1.165) is 6.07 Å². The van der Waals surface area contributed by atoms with Crippen LogP contribution in [0.25, 0.3) is 0 Å². The number of hydrogen-bond acceptors (Lipinski definition) is 4. The summed E-state index contributed by atoms with van der Waals surface area (Å²) in [5, 5.41) is 2.27. The molecule has 0 aliphatic carbocycles. The van der Waals surface area contributed by atoms with E-state index >= 15 is 0 Å². The molecule has 0 saturated carbocycles. The molecule has 0 aliphatic rings. The third-order valence-electron chi connectivity index (χ3n) is 2.38. The van der Waals surface area contributed by atoms with Gasteiger partial charge >= 0.3 is 0 Å². The van der Waals surface area contributed by atoms with Crippen LogP contribution in [0.3, 0.4) is 0 Å². The maximum atomic E-state index is 12.0. The monoisotopic (exact) mass is 373 g/mol. The van der Waals surface area contributed by atoms with Crippen molar-refractivity contribution >= 4 is 48.8 Å². The van der Waals surface area contributed by atoms with E-state index < -0.39 is 15.0 Å². The number of amides is 1. The van der Waals surface area contributed by atoms with E-state index in [0.29, 0.717) is 6.61 Å². The van der Waals surface area contributed by atoms with Gasteiger partial charge in [-0.25, -0.2) is 8.42 Å². The fourth-order valence-electron chi connectivity index (χ4n) is 1.48. The molecule has 1 amide bonds. The second kappa shape index (κ2) is 7.65. The predicted octanol–water partition coefficient (Wildman–Crippen LogP) is 3.08. The van der Waals surface area contributed by atoms with Crippen molar-refractivity contribution in [2.24, 2.45) is 0 Å². The van der Waals surface area contributed by atoms with Gasteiger partial charge in [-0.15, -0.1) is 0 Å². The van der Waals surface area contributed by atoms with Gasteiger partial charge in [-0.1, -0.05) is 23.2 Å². The molecule has 0 saturated heterocycles. The lowest BCUT2D eigenvalue weighted by Gasteiger charge is -2.11. The Kier molecular flexibility index (Phi) is 6.74. The minimum atomic E-state index is -4.07. The summed E-state index contributed by atoms with van der Waals surface area (Å²) in [5.41, 5.74) is -0.135. The summed E-state index contributed by atoms with van der Waals surface area (Å²) in [6.45, 7) is 4.28. The van der Waals surface area contributed by atoms with Crippen molar-refractivity contribution in [3.05, 3.63) is 27.7 Å². The molecule has 0 radical (unpaired) electrons. The van der Waals surface area contributed by atoms with Crippen molar-refractivity contribution in [2.75, 3.05) is 13.2 Å². The van der Waals surface area contributed by atoms with Crippen LogP contribution >= 0.6 is 33.9 Å². The Labute approximate surface area is 137 Å². The van der Waals surface area contributed by atoms with Crippen molar-refractivity contribution in [1.82, 2.24) is 5.32 Å². The fourth-order valence-corrected chi connectivity index (χ4v) is 3.38. The third-order valence-corrected chi connectivity index (χ3v) is 4.57. The lowest BCUT2D eigenvalue weighted by molar-refractivity contribution is 0.0746. The summed E-state index contributed by atoms with van der Waals surface area (Å²) in [7, 11) is 1.18. The minimum absolute atomic E-state index is 0.0337. The Morgan fingerprint density at radius 3 is 2.48 bits per heavy atom. The van der Waals surface area contributed by atoms with E-state index in [4.69, 9.17) is 38.6 Å². The molecule has 1 aromatic rings. The van der Waals surface area contributed by atoms with Crippen LogP contribution in [0.4, 0.5) is 0 Å². The van der Waals surface area contributed by atoms with Gasteiger partial charge in [0.2, 0.25) is 0 Å². The summed E-state index contributed by atoms with van der Waals surface area (Å²) < 4.78 is 28.0. The fraction of sp³-hybridized carbons (Fsp3) is 0.417. The van der Waals surface area contributed by atoms with Crippen LogP contribution in [-0.4, -0.2) is 33.6 Å². The second-order valence-corrected chi connectivity index (χ2v) is 7.67. The summed E-state index contributed by atoms with van der Waals surface area (Å²) >= 11 is 11.8. The molecular weight excluding hydrogens is 361 g/mol. The van der Waals surface area contributed by atoms with Crippen LogP contribution in [0, 0.1) is 0 Å². The summed E-state index contributed by atoms with van der Waals surface area (Å²) in [6.07, 6.45) is 0.0406. The lowest BCUT2D eigenvalue weighted by Crippen LogP contribution is -2.28. The van der Waals surface area contributed by atoms with Crippen LogP contribution in [0.2, 0.25) is 10.0 Å². The molecule has 21 heavy (non-hydrogen) atoms. The van der Waals surface area contributed by atoms with E-state index in [-0.39, 0.29) is 33.2 Å². The molecule has 9 heteroatoms. The molecule has 0 aliphatic heterocycles. The molecule has 5 nitrogen and oxygen atoms in total. The molecule has 0 fully saturated rings. The highest BCUT2D eigenvalue weighted by atomic mass is 35.7. The number of benzene rings is 1. The van der Waals surface area contributed by atoms with Crippen molar-refractivity contribution < 1.29 is 17.9 Å². The normalized spacial score (nSPS) is 11.7. The number of carbonyl (C=O) groups excluding carboxylic acids is 1. The SMILES string of the molecule is CC(C)OCCNC(=O)c1c(Cl)ccc(S(=O)(=O)Cl)c1Cl. The largest absolute Gasteiger partial charge is 0.377 e. The Bertz CT molecular complexity index is 632. The van der Waals surface area contributed by atoms with E-state index in [1.807, 2.05) is 13.8 Å². The third kappa shape index (κ3) is 5.30. The van der Waals surface area contributed by atoms with E-state index in [9.17, 15) is 13.2 Å². The second-order valence-electron chi connectivity index (χ2n) is 4.35. The number of rotatable bonds is 6. The van der Waals surface area contributed by atoms with Gasteiger partial charge in [0.05, 0.1) is 28.3 Å². The molecule has 0 aromatic heterocycles. The molecule has 1 rings (SSSR count). The first kappa shape index (κ1) is 18.5. The van der Waals surface area contributed by atoms with Gasteiger partial charge in [-0.05, 0) is 26.0 Å². The minimum Gasteiger partial charge on any atom is -0.377 e. The van der Waals surface area contributed by atoms with Crippen LogP contribution in [0.15, 0.2) is 17.0 Å². The first-order valence-corrected chi connectivity index (χ1v) is 9.03. The highest BCUT2D eigenvalue weighted by Crippen LogP contribution is 2.32. The molecule has 0 bridgehead atoms. The maximum Gasteiger partial charge on any atom is 0.262 e. The first-order chi connectivity index (χ1) is 9.64. The smallest absolute Gasteiger partial charge is 0.262 e. The van der Waals surface area contributed by atoms with Crippen molar-refractivity contribution in [3.8, 4) is 0 Å². The van der Waals surface area contributed by atoms with Crippen LogP contribution in [0.1, 0.15) is 24.2 Å². The summed E-state index contributed by atoms with van der Waals surface area (Å²) in [6, 6.07) is 2.40. The van der Waals surface area contributed by atoms with Gasteiger partial charge < -0.3 is 10.1 Å². The van der Waals surface area contributed by atoms with Crippen molar-refractivity contribution in [2.45, 2.75) is 24.8 Å². The van der Waals surface area contributed by atoms with Gasteiger partial charge in [0, 0.05) is 17.2 Å². The van der Waals surface area contributed by atoms with E-state index in [1.54, 1.807) is 0 Å². The standard InChI is InChI=1S/C12H14Cl3NO4S/c1-7(2)20-6-5-16-12(17)10-8(13)3-4-9(11(10)14)21(15,18)19/h3-4,7H,5-6H2,1-2H3,(H,16,17). The molecule has 1 N–H and O–H groups in total. The molecule has 0 atom stereocenters. The molecular formula is C12H14Cl3NO4S. The summed E-state index contributed by atoms with van der Waals surface area (Å²) in [5.74, 6) is -0.598. The van der Waals surface area contributed by atoms with Crippen LogP contribution < -0.4 is 5.32 Å². The average Bonchev–Trinajstić information content (AvgIpc) is 2.32. The maximum absolute atomic E-state index is 12.0. The zero-order valence-electron chi connectivity index (χ0n) is 11.3. The first-order valence-electron chi connectivity index (χ1n) is 5.97. The Morgan fingerprint density at radius 2 is 1.95 bits per heavy atom. The molecule has 0 spiro atoms. The van der Waals surface area contributed by atoms with Gasteiger partial charge in [0.1, 0.15) is 4.90 Å². The number of nitrogens with one attached hydrogen (secondary N) is 1. The number of carbonyl (C=O) groups is 1. The van der Waals surface area contributed by atoms with E-state index in [1.165, 1.54) is 6.07 Å². The van der Waals surface area contributed by atoms with Crippen molar-refractivity contribution in [1.29, 1.82) is 0 Å². The average molecular weight is 375 g/mol. The van der Waals surface area contributed by atoms with Gasteiger partial charge in [-0.3, -0.25) is 4.79 Å². The predicted molar refractivity (Wildman–Crippen MR) is 82.9 cm³/mol. The highest BCUT2D eigenvalue weighted by Gasteiger charge is 2.23. The number of hydrogen-bond donors (Lipinski definition) is 1. The zero-order chi connectivity index (χ0) is 16.2. The zero-order valence-corrected chi connectivity index (χ0v) is 14.4. The van der Waals surface area contributed by atoms with Gasteiger partial charge in [-0.2, -0.15) is 0 Å². The Balaban J connectivity index is 2.94. The molecule has 1 aromatic carbocycles. The van der Waals surface area contributed by atoms with Crippen LogP contribution in [0.5, 0.6) is 0 Å². The Morgan fingerprint density at radius 1 is 1.33 bits per heavy atom. The number of halogens is 3. The lowest BCUT2D eigenvalue weighted by atomic mass is 10.2.